The predicted octanol–water partition coefficient (Wildman–Crippen LogP) is 3.18. The van der Waals surface area contributed by atoms with Crippen molar-refractivity contribution in [1.82, 2.24) is 15.5 Å². The smallest absolute Gasteiger partial charge is 0.325 e. The summed E-state index contributed by atoms with van der Waals surface area (Å²) in [5.74, 6) is -1.33. The van der Waals surface area contributed by atoms with E-state index in [0.717, 1.165) is 10.5 Å². The van der Waals surface area contributed by atoms with Crippen LogP contribution in [-0.4, -0.2) is 35.2 Å². The Hall–Kier alpha value is -4.40. The molecule has 2 aromatic carbocycles. The maximum Gasteiger partial charge on any atom is 0.325 e. The Labute approximate surface area is 196 Å². The Balaban J connectivity index is 1.44. The second-order valence-electron chi connectivity index (χ2n) is 8.12. The molecule has 0 aliphatic carbocycles. The number of para-hydroxylation sites is 1. The monoisotopic (exact) mass is 460 g/mol. The molecule has 174 valence electrons. The number of carbonyl (C=O) groups excluding carboxylic acids is 4. The van der Waals surface area contributed by atoms with E-state index in [1.165, 1.54) is 13.2 Å². The standard InChI is InChI=1S/C25H24N4O5/c1-16(17-9-4-3-5-10-17)26-22(31)18-11-6-7-12-19(18)27-21(30)15-29-23(32)25(2,28-24(29)33)20-13-8-14-34-20/h3-14,16H,15H2,1-2H3,(H,26,31)(H,27,30)(H,28,33)/t16-,25-/m1/s1. The molecule has 9 nitrogen and oxygen atoms in total. The highest BCUT2D eigenvalue weighted by Gasteiger charge is 2.51. The number of nitrogens with one attached hydrogen (secondary N) is 3. The average Bonchev–Trinajstić information content (AvgIpc) is 3.44. The molecular formula is C25H24N4O5. The van der Waals surface area contributed by atoms with Crippen molar-refractivity contribution in [3.8, 4) is 0 Å². The maximum absolute atomic E-state index is 12.9. The quantitative estimate of drug-likeness (QED) is 0.468. The van der Waals surface area contributed by atoms with Crippen molar-refractivity contribution in [2.45, 2.75) is 25.4 Å². The number of urea groups is 1. The van der Waals surface area contributed by atoms with Crippen molar-refractivity contribution in [2.24, 2.45) is 0 Å². The third-order valence-corrected chi connectivity index (χ3v) is 5.68. The fraction of sp³-hybridized carbons (Fsp3) is 0.200. The third kappa shape index (κ3) is 4.40. The summed E-state index contributed by atoms with van der Waals surface area (Å²) in [4.78, 5) is 51.8. The molecule has 3 aromatic rings. The van der Waals surface area contributed by atoms with Gasteiger partial charge in [-0.15, -0.1) is 0 Å². The van der Waals surface area contributed by atoms with Gasteiger partial charge in [-0.1, -0.05) is 42.5 Å². The Bertz CT molecular complexity index is 1230. The fourth-order valence-electron chi connectivity index (χ4n) is 3.79. The molecule has 2 heterocycles. The van der Waals surface area contributed by atoms with Crippen LogP contribution in [0.25, 0.3) is 0 Å². The molecule has 1 aliphatic heterocycles. The Kier molecular flexibility index (Phi) is 6.18. The van der Waals surface area contributed by atoms with Gasteiger partial charge in [0.05, 0.1) is 23.6 Å². The molecule has 0 bridgehead atoms. The van der Waals surface area contributed by atoms with E-state index in [1.54, 1.807) is 36.4 Å². The maximum atomic E-state index is 12.9. The van der Waals surface area contributed by atoms with Crippen molar-refractivity contribution in [2.75, 3.05) is 11.9 Å². The normalized spacial score (nSPS) is 18.4. The zero-order valence-electron chi connectivity index (χ0n) is 18.7. The highest BCUT2D eigenvalue weighted by atomic mass is 16.3. The molecule has 0 saturated carbocycles. The lowest BCUT2D eigenvalue weighted by Gasteiger charge is -2.19. The second kappa shape index (κ2) is 9.22. The van der Waals surface area contributed by atoms with Gasteiger partial charge in [0.2, 0.25) is 5.91 Å². The predicted molar refractivity (Wildman–Crippen MR) is 124 cm³/mol. The van der Waals surface area contributed by atoms with Crippen LogP contribution in [0, 0.1) is 0 Å². The molecule has 2 atom stereocenters. The van der Waals surface area contributed by atoms with Gasteiger partial charge in [0.1, 0.15) is 12.3 Å². The van der Waals surface area contributed by atoms with Crippen molar-refractivity contribution in [1.29, 1.82) is 0 Å². The molecular weight excluding hydrogens is 436 g/mol. The number of hydrogen-bond donors (Lipinski definition) is 3. The van der Waals surface area contributed by atoms with Gasteiger partial charge in [0.25, 0.3) is 11.8 Å². The molecule has 0 unspecified atom stereocenters. The fourth-order valence-corrected chi connectivity index (χ4v) is 3.79. The number of imide groups is 1. The molecule has 34 heavy (non-hydrogen) atoms. The van der Waals surface area contributed by atoms with Gasteiger partial charge in [0, 0.05) is 0 Å². The van der Waals surface area contributed by atoms with E-state index in [4.69, 9.17) is 4.42 Å². The van der Waals surface area contributed by atoms with Gasteiger partial charge >= 0.3 is 6.03 Å². The van der Waals surface area contributed by atoms with Crippen LogP contribution in [0.1, 0.15) is 41.6 Å². The Morgan fingerprint density at radius 1 is 1.03 bits per heavy atom. The molecule has 1 fully saturated rings. The van der Waals surface area contributed by atoms with E-state index < -0.39 is 29.9 Å². The van der Waals surface area contributed by atoms with Crippen molar-refractivity contribution < 1.29 is 23.6 Å². The first kappa shape index (κ1) is 22.8. The number of hydrogen-bond acceptors (Lipinski definition) is 5. The summed E-state index contributed by atoms with van der Waals surface area (Å²) >= 11 is 0. The molecule has 0 radical (unpaired) electrons. The molecule has 1 aromatic heterocycles. The lowest BCUT2D eigenvalue weighted by molar-refractivity contribution is -0.134. The van der Waals surface area contributed by atoms with Gasteiger partial charge in [-0.2, -0.15) is 0 Å². The van der Waals surface area contributed by atoms with Gasteiger partial charge in [-0.05, 0) is 43.7 Å². The van der Waals surface area contributed by atoms with Crippen LogP contribution in [0.4, 0.5) is 10.5 Å². The molecule has 1 aliphatic rings. The SMILES string of the molecule is C[C@@H](NC(=O)c1ccccc1NC(=O)CN1C(=O)N[C@](C)(c2ccco2)C1=O)c1ccccc1. The van der Waals surface area contributed by atoms with Crippen molar-refractivity contribution >= 4 is 29.4 Å². The van der Waals surface area contributed by atoms with Gasteiger partial charge in [0.15, 0.2) is 5.54 Å². The molecule has 9 heteroatoms. The molecule has 4 rings (SSSR count). The van der Waals surface area contributed by atoms with E-state index in [9.17, 15) is 19.2 Å². The molecule has 3 N–H and O–H groups in total. The summed E-state index contributed by atoms with van der Waals surface area (Å²) in [5, 5.41) is 8.12. The van der Waals surface area contributed by atoms with Crippen LogP contribution in [-0.2, 0) is 15.1 Å². The number of rotatable bonds is 7. The van der Waals surface area contributed by atoms with E-state index in [-0.39, 0.29) is 29.0 Å². The van der Waals surface area contributed by atoms with E-state index in [1.807, 2.05) is 37.3 Å². The Morgan fingerprint density at radius 2 is 1.74 bits per heavy atom. The largest absolute Gasteiger partial charge is 0.466 e. The third-order valence-electron chi connectivity index (χ3n) is 5.68. The zero-order valence-corrected chi connectivity index (χ0v) is 18.7. The summed E-state index contributed by atoms with van der Waals surface area (Å²) in [6, 6.07) is 18.2. The number of furan rings is 1. The summed E-state index contributed by atoms with van der Waals surface area (Å²) in [7, 11) is 0. The first-order valence-corrected chi connectivity index (χ1v) is 10.7. The van der Waals surface area contributed by atoms with Crippen LogP contribution in [0.2, 0.25) is 0 Å². The lowest BCUT2D eigenvalue weighted by atomic mass is 9.99. The summed E-state index contributed by atoms with van der Waals surface area (Å²) < 4.78 is 5.29. The van der Waals surface area contributed by atoms with Crippen LogP contribution >= 0.6 is 0 Å². The molecule has 0 spiro atoms. The number of benzene rings is 2. The minimum atomic E-state index is -1.40. The van der Waals surface area contributed by atoms with E-state index in [0.29, 0.717) is 0 Å². The van der Waals surface area contributed by atoms with E-state index in [2.05, 4.69) is 16.0 Å². The number of anilines is 1. The minimum Gasteiger partial charge on any atom is -0.466 e. The average molecular weight is 460 g/mol. The van der Waals surface area contributed by atoms with Crippen LogP contribution in [0.15, 0.2) is 77.4 Å². The zero-order chi connectivity index (χ0) is 24.3. The minimum absolute atomic E-state index is 0.248. The molecule has 1 saturated heterocycles. The van der Waals surface area contributed by atoms with Crippen molar-refractivity contribution in [3.63, 3.8) is 0 Å². The number of amides is 5. The Morgan fingerprint density at radius 3 is 2.44 bits per heavy atom. The van der Waals surface area contributed by atoms with E-state index >= 15 is 0 Å². The first-order chi connectivity index (χ1) is 16.3. The second-order valence-corrected chi connectivity index (χ2v) is 8.12. The molecule has 5 amide bonds. The summed E-state index contributed by atoms with van der Waals surface area (Å²) in [6.45, 7) is 2.86. The number of carbonyl (C=O) groups is 4. The topological polar surface area (TPSA) is 121 Å². The summed E-state index contributed by atoms with van der Waals surface area (Å²) in [5.41, 5.74) is 0.0737. The highest BCUT2D eigenvalue weighted by molar-refractivity contribution is 6.11. The van der Waals surface area contributed by atoms with Crippen LogP contribution in [0.5, 0.6) is 0 Å². The van der Waals surface area contributed by atoms with Gasteiger partial charge in [-0.25, -0.2) is 4.79 Å². The number of nitrogens with zero attached hydrogens (tertiary/aromatic N) is 1. The van der Waals surface area contributed by atoms with Crippen molar-refractivity contribution in [3.05, 3.63) is 89.9 Å². The van der Waals surface area contributed by atoms with Gasteiger partial charge in [-0.3, -0.25) is 19.3 Å². The lowest BCUT2D eigenvalue weighted by Crippen LogP contribution is -2.42. The summed E-state index contributed by atoms with van der Waals surface area (Å²) in [6.07, 6.45) is 1.40. The first-order valence-electron chi connectivity index (χ1n) is 10.7. The highest BCUT2D eigenvalue weighted by Crippen LogP contribution is 2.29. The van der Waals surface area contributed by atoms with Crippen LogP contribution < -0.4 is 16.0 Å². The van der Waals surface area contributed by atoms with Gasteiger partial charge < -0.3 is 20.4 Å². The van der Waals surface area contributed by atoms with Crippen LogP contribution in [0.3, 0.4) is 0 Å².